The normalized spacial score (nSPS) is 22.1. The highest BCUT2D eigenvalue weighted by Gasteiger charge is 2.45. The van der Waals surface area contributed by atoms with Gasteiger partial charge in [-0.05, 0) is 78.7 Å². The monoisotopic (exact) mass is 511 g/mol. The number of carbonyl (C=O) groups is 1. The van der Waals surface area contributed by atoms with E-state index in [9.17, 15) is 13.2 Å². The van der Waals surface area contributed by atoms with Crippen LogP contribution >= 0.6 is 0 Å². The number of methoxy groups -OCH3 is 1. The molecule has 0 radical (unpaired) electrons. The van der Waals surface area contributed by atoms with Gasteiger partial charge in [-0.2, -0.15) is 17.0 Å². The molecule has 1 aromatic rings. The average Bonchev–Trinajstić information content (AvgIpc) is 3.28. The summed E-state index contributed by atoms with van der Waals surface area (Å²) in [5.74, 6) is -0.0868. The lowest BCUT2D eigenvalue weighted by Gasteiger charge is -2.44. The molecule has 1 atom stereocenters. The fraction of sp³-hybridized carbons (Fsp3) is 0.800. The van der Waals surface area contributed by atoms with E-state index in [1.807, 2.05) is 0 Å². The highest BCUT2D eigenvalue weighted by atomic mass is 32.2. The molecule has 3 rings (SSSR count). The summed E-state index contributed by atoms with van der Waals surface area (Å²) >= 11 is 0. The van der Waals surface area contributed by atoms with E-state index < -0.39 is 30.5 Å². The van der Waals surface area contributed by atoms with Gasteiger partial charge in [0.1, 0.15) is 6.04 Å². The molecule has 194 valence electrons. The molecule has 34 heavy (non-hydrogen) atoms. The maximum atomic E-state index is 13.4. The van der Waals surface area contributed by atoms with Crippen LogP contribution in [0.1, 0.15) is 85.1 Å². The SMILES string of the molecule is COC(=O)[C@H]1CCCCN1S(=O)(=O)N1CCC(c2ccn([Si](C(C)C)(C(C)C)C(C)C)c2)CC1. The van der Waals surface area contributed by atoms with Crippen molar-refractivity contribution in [3.8, 4) is 0 Å². The van der Waals surface area contributed by atoms with Crippen LogP contribution in [0.3, 0.4) is 0 Å². The first-order valence-corrected chi connectivity index (χ1v) is 16.6. The minimum absolute atomic E-state index is 0.364. The van der Waals surface area contributed by atoms with Crippen LogP contribution < -0.4 is 0 Å². The summed E-state index contributed by atoms with van der Waals surface area (Å²) in [6, 6.07) is 1.57. The van der Waals surface area contributed by atoms with Gasteiger partial charge in [-0.1, -0.05) is 41.5 Å². The van der Waals surface area contributed by atoms with Crippen molar-refractivity contribution in [3.05, 3.63) is 24.0 Å². The van der Waals surface area contributed by atoms with Crippen molar-refractivity contribution >= 4 is 24.4 Å². The van der Waals surface area contributed by atoms with Gasteiger partial charge in [0.15, 0.2) is 8.24 Å². The number of nitrogens with zero attached hydrogens (tertiary/aromatic N) is 3. The summed E-state index contributed by atoms with van der Waals surface area (Å²) in [5.41, 5.74) is 3.23. The molecule has 0 amide bonds. The smallest absolute Gasteiger partial charge is 0.324 e. The lowest BCUT2D eigenvalue weighted by molar-refractivity contribution is -0.146. The molecule has 0 aromatic carbocycles. The van der Waals surface area contributed by atoms with E-state index in [0.29, 0.717) is 48.6 Å². The average molecular weight is 512 g/mol. The van der Waals surface area contributed by atoms with Gasteiger partial charge < -0.3 is 8.97 Å². The van der Waals surface area contributed by atoms with Gasteiger partial charge in [-0.3, -0.25) is 4.79 Å². The number of piperidine rings is 2. The molecule has 2 aliphatic heterocycles. The van der Waals surface area contributed by atoms with Crippen LogP contribution in [-0.2, 0) is 19.7 Å². The Kier molecular flexibility index (Phi) is 8.75. The van der Waals surface area contributed by atoms with Crippen LogP contribution in [0.15, 0.2) is 18.5 Å². The maximum Gasteiger partial charge on any atom is 0.324 e. The van der Waals surface area contributed by atoms with Crippen LogP contribution in [0, 0.1) is 0 Å². The van der Waals surface area contributed by atoms with Crippen LogP contribution in [0.5, 0.6) is 0 Å². The number of rotatable bonds is 8. The Morgan fingerprint density at radius 3 is 2.09 bits per heavy atom. The predicted molar refractivity (Wildman–Crippen MR) is 140 cm³/mol. The Morgan fingerprint density at radius 1 is 0.971 bits per heavy atom. The zero-order valence-electron chi connectivity index (χ0n) is 22.2. The second-order valence-corrected chi connectivity index (χ2v) is 18.7. The largest absolute Gasteiger partial charge is 0.468 e. The first-order chi connectivity index (χ1) is 16.0. The lowest BCUT2D eigenvalue weighted by Crippen LogP contribution is -2.54. The number of hydrogen-bond acceptors (Lipinski definition) is 4. The topological polar surface area (TPSA) is 71.8 Å². The summed E-state index contributed by atoms with van der Waals surface area (Å²) in [6.07, 6.45) is 8.43. The molecule has 0 saturated carbocycles. The minimum Gasteiger partial charge on any atom is -0.468 e. The minimum atomic E-state index is -3.68. The van der Waals surface area contributed by atoms with Gasteiger partial charge in [0.25, 0.3) is 10.2 Å². The third kappa shape index (κ3) is 4.90. The van der Waals surface area contributed by atoms with Crippen LogP contribution in [-0.4, -0.2) is 68.3 Å². The van der Waals surface area contributed by atoms with Crippen molar-refractivity contribution < 1.29 is 17.9 Å². The standard InChI is InChI=1S/C25H45N3O4SSi/c1-19(2)34(20(3)4,21(5)6)27-17-13-23(18-27)22-11-15-26(16-12-22)33(30,31)28-14-9-8-10-24(28)25(29)32-7/h13,17-22,24H,8-12,14-16H2,1-7H3/t24-/m1/s1. The van der Waals surface area contributed by atoms with Crippen molar-refractivity contribution in [1.82, 2.24) is 12.8 Å². The highest BCUT2D eigenvalue weighted by Crippen LogP contribution is 2.43. The van der Waals surface area contributed by atoms with Crippen molar-refractivity contribution in [1.29, 1.82) is 0 Å². The van der Waals surface area contributed by atoms with Gasteiger partial charge in [0, 0.05) is 19.6 Å². The van der Waals surface area contributed by atoms with Gasteiger partial charge in [0.2, 0.25) is 0 Å². The Balaban J connectivity index is 1.74. The van der Waals surface area contributed by atoms with Crippen LogP contribution in [0.4, 0.5) is 0 Å². The summed E-state index contributed by atoms with van der Waals surface area (Å²) in [4.78, 5) is 12.2. The number of carbonyl (C=O) groups excluding carboxylic acids is 1. The second kappa shape index (κ2) is 10.8. The van der Waals surface area contributed by atoms with E-state index in [-0.39, 0.29) is 0 Å². The third-order valence-corrected chi connectivity index (χ3v) is 17.2. The zero-order chi connectivity index (χ0) is 25.3. The summed E-state index contributed by atoms with van der Waals surface area (Å²) in [7, 11) is -4.13. The summed E-state index contributed by atoms with van der Waals surface area (Å²) < 4.78 is 37.3. The first-order valence-electron chi connectivity index (χ1n) is 13.0. The Bertz CT molecular complexity index is 914. The van der Waals surface area contributed by atoms with Gasteiger partial charge in [-0.25, -0.2) is 0 Å². The molecule has 0 N–H and O–H groups in total. The zero-order valence-corrected chi connectivity index (χ0v) is 24.0. The third-order valence-electron chi connectivity index (χ3n) is 8.41. The molecule has 0 unspecified atom stereocenters. The molecule has 2 fully saturated rings. The van der Waals surface area contributed by atoms with E-state index in [0.717, 1.165) is 25.7 Å². The number of hydrogen-bond donors (Lipinski definition) is 0. The van der Waals surface area contributed by atoms with Crippen molar-refractivity contribution in [3.63, 3.8) is 0 Å². The summed E-state index contributed by atoms with van der Waals surface area (Å²) in [5, 5.41) is 0. The van der Waals surface area contributed by atoms with Crippen LogP contribution in [0.25, 0.3) is 0 Å². The van der Waals surface area contributed by atoms with Crippen molar-refractivity contribution in [2.24, 2.45) is 0 Å². The maximum absolute atomic E-state index is 13.4. The van der Waals surface area contributed by atoms with E-state index in [1.54, 1.807) is 4.31 Å². The molecule has 2 saturated heterocycles. The van der Waals surface area contributed by atoms with Gasteiger partial charge in [-0.15, -0.1) is 0 Å². The van der Waals surface area contributed by atoms with E-state index in [1.165, 1.54) is 17.0 Å². The van der Waals surface area contributed by atoms with Crippen LogP contribution in [0.2, 0.25) is 16.6 Å². The molecule has 9 heteroatoms. The number of ether oxygens (including phenoxy) is 1. The molecule has 3 heterocycles. The molecule has 0 aliphatic carbocycles. The molecule has 0 bridgehead atoms. The number of aromatic nitrogens is 1. The molecular weight excluding hydrogens is 466 g/mol. The summed E-state index contributed by atoms with van der Waals surface area (Å²) in [6.45, 7) is 15.6. The van der Waals surface area contributed by atoms with E-state index in [4.69, 9.17) is 4.74 Å². The van der Waals surface area contributed by atoms with Gasteiger partial charge >= 0.3 is 5.97 Å². The van der Waals surface area contributed by atoms with Gasteiger partial charge in [0.05, 0.1) is 7.11 Å². The molecule has 7 nitrogen and oxygen atoms in total. The second-order valence-electron chi connectivity index (χ2n) is 11.0. The fourth-order valence-corrected chi connectivity index (χ4v) is 15.2. The molecule has 1 aromatic heterocycles. The molecular formula is C25H45N3O4SSi. The lowest BCUT2D eigenvalue weighted by atomic mass is 9.92. The predicted octanol–water partition coefficient (Wildman–Crippen LogP) is 4.96. The Labute approximate surface area is 208 Å². The fourth-order valence-electron chi connectivity index (χ4n) is 6.91. The highest BCUT2D eigenvalue weighted by molar-refractivity contribution is 7.86. The van der Waals surface area contributed by atoms with E-state index in [2.05, 4.69) is 64.2 Å². The Hall–Kier alpha value is -1.16. The quantitative estimate of drug-likeness (QED) is 0.365. The first kappa shape index (κ1) is 27.4. The Morgan fingerprint density at radius 2 is 1.56 bits per heavy atom. The van der Waals surface area contributed by atoms with Crippen molar-refractivity contribution in [2.45, 2.75) is 102 Å². The molecule has 2 aliphatic rings. The molecule has 0 spiro atoms. The number of esters is 1. The van der Waals surface area contributed by atoms with E-state index >= 15 is 0 Å². The van der Waals surface area contributed by atoms with Crippen molar-refractivity contribution in [2.75, 3.05) is 26.7 Å².